The van der Waals surface area contributed by atoms with Crippen molar-refractivity contribution < 1.29 is 14.3 Å². The number of amides is 1. The highest BCUT2D eigenvalue weighted by Gasteiger charge is 2.29. The molecule has 2 rings (SSSR count). The number of nitrogens with two attached hydrogens (primary N) is 1. The van der Waals surface area contributed by atoms with E-state index in [4.69, 9.17) is 10.5 Å². The number of carbonyl (C=O) groups is 2. The summed E-state index contributed by atoms with van der Waals surface area (Å²) in [4.78, 5) is 24.7. The van der Waals surface area contributed by atoms with Crippen molar-refractivity contribution in [2.45, 2.75) is 70.9 Å². The smallest absolute Gasteiger partial charge is 0.328 e. The molecule has 0 aromatic carbocycles. The van der Waals surface area contributed by atoms with Crippen LogP contribution in [-0.4, -0.2) is 34.8 Å². The van der Waals surface area contributed by atoms with Crippen molar-refractivity contribution in [2.75, 3.05) is 12.8 Å². The molecule has 3 N–H and O–H groups in total. The Balaban J connectivity index is 2.11. The minimum atomic E-state index is -0.655. The number of nitrogen functional groups attached to an aromatic ring is 1. The Kier molecular flexibility index (Phi) is 6.08. The topological polar surface area (TPSA) is 99.2 Å². The molecule has 7 heteroatoms. The van der Waals surface area contributed by atoms with Gasteiger partial charge in [0.1, 0.15) is 17.4 Å². The summed E-state index contributed by atoms with van der Waals surface area (Å²) in [5.41, 5.74) is 6.04. The summed E-state index contributed by atoms with van der Waals surface area (Å²) in [5.74, 6) is -0.0704. The Morgan fingerprint density at radius 3 is 2.52 bits per heavy atom. The zero-order valence-electron chi connectivity index (χ0n) is 15.7. The van der Waals surface area contributed by atoms with Gasteiger partial charge < -0.3 is 15.8 Å². The van der Waals surface area contributed by atoms with Gasteiger partial charge in [0, 0.05) is 0 Å². The van der Waals surface area contributed by atoms with E-state index in [2.05, 4.69) is 10.4 Å². The van der Waals surface area contributed by atoms with Crippen LogP contribution in [0.1, 0.15) is 69.7 Å². The summed E-state index contributed by atoms with van der Waals surface area (Å²) in [6, 6.07) is -0.655. The molecular weight excluding hydrogens is 320 g/mol. The van der Waals surface area contributed by atoms with Gasteiger partial charge in [-0.1, -0.05) is 32.1 Å². The number of ether oxygens (including phenoxy) is 1. The van der Waals surface area contributed by atoms with E-state index in [9.17, 15) is 9.59 Å². The van der Waals surface area contributed by atoms with Crippen molar-refractivity contribution in [1.29, 1.82) is 0 Å². The van der Waals surface area contributed by atoms with Gasteiger partial charge in [-0.05, 0) is 33.1 Å². The fourth-order valence-electron chi connectivity index (χ4n) is 3.42. The molecule has 1 heterocycles. The number of nitrogens with zero attached hydrogens (tertiary/aromatic N) is 2. The van der Waals surface area contributed by atoms with Gasteiger partial charge in [-0.3, -0.25) is 4.79 Å². The van der Waals surface area contributed by atoms with Crippen molar-refractivity contribution in [3.8, 4) is 0 Å². The van der Waals surface area contributed by atoms with Crippen LogP contribution in [0.2, 0.25) is 0 Å². The van der Waals surface area contributed by atoms with Crippen molar-refractivity contribution in [3.05, 3.63) is 11.8 Å². The summed E-state index contributed by atoms with van der Waals surface area (Å²) >= 11 is 0. The van der Waals surface area contributed by atoms with E-state index >= 15 is 0 Å². The van der Waals surface area contributed by atoms with E-state index in [1.54, 1.807) is 4.68 Å². The van der Waals surface area contributed by atoms with Gasteiger partial charge in [0.15, 0.2) is 0 Å². The SMILES string of the molecule is COC(=O)[C@H](CC1CCCCC1)NC(=O)c1cnn(C(C)(C)C)c1N. The van der Waals surface area contributed by atoms with E-state index in [1.807, 2.05) is 20.8 Å². The van der Waals surface area contributed by atoms with Crippen molar-refractivity contribution in [1.82, 2.24) is 15.1 Å². The molecule has 25 heavy (non-hydrogen) atoms. The van der Waals surface area contributed by atoms with Crippen molar-refractivity contribution in [2.24, 2.45) is 5.92 Å². The number of hydrogen-bond acceptors (Lipinski definition) is 5. The molecule has 0 unspecified atom stereocenters. The predicted octanol–water partition coefficient (Wildman–Crippen LogP) is 2.46. The third-order valence-corrected chi connectivity index (χ3v) is 4.77. The van der Waals surface area contributed by atoms with Gasteiger partial charge in [0.25, 0.3) is 5.91 Å². The Bertz CT molecular complexity index is 612. The average molecular weight is 350 g/mol. The molecular formula is C18H30N4O3. The molecule has 1 amide bonds. The number of esters is 1. The van der Waals surface area contributed by atoms with Gasteiger partial charge >= 0.3 is 5.97 Å². The Morgan fingerprint density at radius 1 is 1.36 bits per heavy atom. The molecule has 1 aliphatic carbocycles. The third-order valence-electron chi connectivity index (χ3n) is 4.77. The van der Waals surface area contributed by atoms with E-state index < -0.39 is 12.0 Å². The van der Waals surface area contributed by atoms with Crippen LogP contribution in [0.25, 0.3) is 0 Å². The summed E-state index contributed by atoms with van der Waals surface area (Å²) < 4.78 is 6.48. The predicted molar refractivity (Wildman–Crippen MR) is 96.1 cm³/mol. The summed E-state index contributed by atoms with van der Waals surface area (Å²) in [6.45, 7) is 5.87. The normalized spacial score (nSPS) is 17.1. The molecule has 140 valence electrons. The van der Waals surface area contributed by atoms with E-state index in [0.29, 0.717) is 18.2 Å². The summed E-state index contributed by atoms with van der Waals surface area (Å²) in [6.07, 6.45) is 7.83. The number of rotatable bonds is 5. The zero-order chi connectivity index (χ0) is 18.6. The molecule has 1 aliphatic rings. The molecule has 1 aromatic rings. The number of aromatic nitrogens is 2. The maximum Gasteiger partial charge on any atom is 0.328 e. The minimum Gasteiger partial charge on any atom is -0.467 e. The monoisotopic (exact) mass is 350 g/mol. The molecule has 0 spiro atoms. The lowest BCUT2D eigenvalue weighted by Crippen LogP contribution is -2.43. The first-order chi connectivity index (χ1) is 11.7. The number of methoxy groups -OCH3 is 1. The second-order valence-corrected chi connectivity index (χ2v) is 7.82. The number of anilines is 1. The molecule has 0 bridgehead atoms. The number of hydrogen-bond donors (Lipinski definition) is 2. The highest BCUT2D eigenvalue weighted by Crippen LogP contribution is 2.28. The minimum absolute atomic E-state index is 0.285. The highest BCUT2D eigenvalue weighted by molar-refractivity contribution is 6.00. The van der Waals surface area contributed by atoms with Crippen LogP contribution in [0.15, 0.2) is 6.20 Å². The largest absolute Gasteiger partial charge is 0.467 e. The second-order valence-electron chi connectivity index (χ2n) is 7.82. The molecule has 0 radical (unpaired) electrons. The van der Waals surface area contributed by atoms with Crippen LogP contribution in [0.5, 0.6) is 0 Å². The first-order valence-corrected chi connectivity index (χ1v) is 8.96. The molecule has 0 aliphatic heterocycles. The van der Waals surface area contributed by atoms with Crippen LogP contribution in [0, 0.1) is 5.92 Å². The standard InChI is InChI=1S/C18H30N4O3/c1-18(2,3)22-15(19)13(11-20-22)16(23)21-14(17(24)25-4)10-12-8-6-5-7-9-12/h11-12,14H,5-10,19H2,1-4H3,(H,21,23)/t14-/m0/s1. The fraction of sp³-hybridized carbons (Fsp3) is 0.722. The Labute approximate surface area is 149 Å². The number of nitrogens with one attached hydrogen (secondary N) is 1. The van der Waals surface area contributed by atoms with E-state index in [1.165, 1.54) is 32.6 Å². The Hall–Kier alpha value is -2.05. The van der Waals surface area contributed by atoms with Crippen molar-refractivity contribution >= 4 is 17.7 Å². The van der Waals surface area contributed by atoms with Crippen LogP contribution >= 0.6 is 0 Å². The lowest BCUT2D eigenvalue weighted by Gasteiger charge is -2.26. The van der Waals surface area contributed by atoms with E-state index in [0.717, 1.165) is 12.8 Å². The molecule has 1 saturated carbocycles. The molecule has 1 fully saturated rings. The van der Waals surface area contributed by atoms with Gasteiger partial charge in [-0.15, -0.1) is 0 Å². The molecule has 7 nitrogen and oxygen atoms in total. The zero-order valence-corrected chi connectivity index (χ0v) is 15.7. The van der Waals surface area contributed by atoms with E-state index in [-0.39, 0.29) is 17.0 Å². The molecule has 1 aromatic heterocycles. The molecule has 1 atom stereocenters. The summed E-state index contributed by atoms with van der Waals surface area (Å²) in [7, 11) is 1.34. The van der Waals surface area contributed by atoms with Crippen LogP contribution < -0.4 is 11.1 Å². The second kappa shape index (κ2) is 7.89. The van der Waals surface area contributed by atoms with Crippen LogP contribution in [0.3, 0.4) is 0 Å². The summed E-state index contributed by atoms with van der Waals surface area (Å²) in [5, 5.41) is 7.00. The van der Waals surface area contributed by atoms with Gasteiger partial charge in [0.2, 0.25) is 0 Å². The maximum atomic E-state index is 12.6. The van der Waals surface area contributed by atoms with Crippen LogP contribution in [-0.2, 0) is 15.1 Å². The number of carbonyl (C=O) groups excluding carboxylic acids is 2. The Morgan fingerprint density at radius 2 is 2.00 bits per heavy atom. The fourth-order valence-corrected chi connectivity index (χ4v) is 3.42. The lowest BCUT2D eigenvalue weighted by molar-refractivity contribution is -0.143. The average Bonchev–Trinajstić information content (AvgIpc) is 2.96. The van der Waals surface area contributed by atoms with Gasteiger partial charge in [-0.25, -0.2) is 9.48 Å². The first kappa shape index (κ1) is 19.3. The van der Waals surface area contributed by atoms with Crippen LogP contribution in [0.4, 0.5) is 5.82 Å². The highest BCUT2D eigenvalue weighted by atomic mass is 16.5. The lowest BCUT2D eigenvalue weighted by atomic mass is 9.85. The van der Waals surface area contributed by atoms with Gasteiger partial charge in [-0.2, -0.15) is 5.10 Å². The van der Waals surface area contributed by atoms with Gasteiger partial charge in [0.05, 0.1) is 18.8 Å². The molecule has 0 saturated heterocycles. The van der Waals surface area contributed by atoms with Crippen molar-refractivity contribution in [3.63, 3.8) is 0 Å². The first-order valence-electron chi connectivity index (χ1n) is 8.96. The quantitative estimate of drug-likeness (QED) is 0.795. The maximum absolute atomic E-state index is 12.6. The third kappa shape index (κ3) is 4.74.